The van der Waals surface area contributed by atoms with Gasteiger partial charge in [-0.05, 0) is 18.4 Å². The molecule has 0 unspecified atom stereocenters. The summed E-state index contributed by atoms with van der Waals surface area (Å²) in [5.74, 6) is 1.59. The van der Waals surface area contributed by atoms with Crippen molar-refractivity contribution in [1.29, 1.82) is 0 Å². The molecule has 0 atom stereocenters. The summed E-state index contributed by atoms with van der Waals surface area (Å²) in [7, 11) is 0. The van der Waals surface area contributed by atoms with Crippen LogP contribution < -0.4 is 5.32 Å². The second kappa shape index (κ2) is 7.10. The number of hydrogen-bond acceptors (Lipinski definition) is 3. The Morgan fingerprint density at radius 1 is 1.16 bits per heavy atom. The Balaban J connectivity index is 1.81. The van der Waals surface area contributed by atoms with Gasteiger partial charge >= 0.3 is 0 Å². The summed E-state index contributed by atoms with van der Waals surface area (Å²) in [6.07, 6.45) is 2.92. The summed E-state index contributed by atoms with van der Waals surface area (Å²) >= 11 is 5.95. The molecular weight excluding hydrogens is 258 g/mol. The molecule has 1 aromatic carbocycles. The molecule has 0 aliphatic carbocycles. The van der Waals surface area contributed by atoms with E-state index in [1.54, 1.807) is 6.07 Å². The van der Waals surface area contributed by atoms with Gasteiger partial charge in [-0.3, -0.25) is 0 Å². The number of aryl methyl sites for hydroxylation is 2. The fraction of sp³-hybridized carbons (Fsp3) is 0.333. The number of benzene rings is 1. The smallest absolute Gasteiger partial charge is 0.134 e. The predicted molar refractivity (Wildman–Crippen MR) is 79.7 cm³/mol. The minimum absolute atomic E-state index is 0.498. The van der Waals surface area contributed by atoms with E-state index in [4.69, 9.17) is 11.6 Å². The van der Waals surface area contributed by atoms with E-state index in [0.717, 1.165) is 37.4 Å². The van der Waals surface area contributed by atoms with Crippen LogP contribution in [0.15, 0.2) is 36.4 Å². The van der Waals surface area contributed by atoms with Gasteiger partial charge in [-0.15, -0.1) is 0 Å². The highest BCUT2D eigenvalue weighted by Gasteiger charge is 2.01. The van der Waals surface area contributed by atoms with Gasteiger partial charge in [0.25, 0.3) is 0 Å². The van der Waals surface area contributed by atoms with Crippen molar-refractivity contribution in [3.05, 3.63) is 52.9 Å². The van der Waals surface area contributed by atoms with Crippen LogP contribution in [0.1, 0.15) is 24.7 Å². The lowest BCUT2D eigenvalue weighted by Crippen LogP contribution is -2.06. The van der Waals surface area contributed by atoms with E-state index in [1.165, 1.54) is 5.56 Å². The molecule has 0 radical (unpaired) electrons. The van der Waals surface area contributed by atoms with E-state index in [9.17, 15) is 0 Å². The number of nitrogens with one attached hydrogen (secondary N) is 1. The third-order valence-corrected chi connectivity index (χ3v) is 3.04. The maximum absolute atomic E-state index is 5.95. The molecule has 100 valence electrons. The summed E-state index contributed by atoms with van der Waals surface area (Å²) in [6.45, 7) is 2.90. The lowest BCUT2D eigenvalue weighted by molar-refractivity contribution is 0.851. The minimum Gasteiger partial charge on any atom is -0.370 e. The van der Waals surface area contributed by atoms with Crippen LogP contribution in [0.3, 0.4) is 0 Å². The lowest BCUT2D eigenvalue weighted by atomic mass is 10.1. The highest BCUT2D eigenvalue weighted by atomic mass is 35.5. The third-order valence-electron chi connectivity index (χ3n) is 2.85. The molecule has 0 aliphatic rings. The van der Waals surface area contributed by atoms with Crippen LogP contribution in [-0.4, -0.2) is 16.5 Å². The van der Waals surface area contributed by atoms with E-state index in [0.29, 0.717) is 5.15 Å². The molecular formula is C15H18ClN3. The molecule has 0 fully saturated rings. The van der Waals surface area contributed by atoms with Crippen molar-refractivity contribution in [2.45, 2.75) is 26.2 Å². The second-order valence-electron chi connectivity index (χ2n) is 4.36. The first-order chi connectivity index (χ1) is 9.28. The number of nitrogens with zero attached hydrogens (tertiary/aromatic N) is 2. The topological polar surface area (TPSA) is 37.8 Å². The zero-order valence-electron chi connectivity index (χ0n) is 11.1. The first kappa shape index (κ1) is 13.8. The van der Waals surface area contributed by atoms with E-state index in [-0.39, 0.29) is 0 Å². The van der Waals surface area contributed by atoms with Crippen molar-refractivity contribution >= 4 is 17.4 Å². The molecule has 2 aromatic rings. The zero-order chi connectivity index (χ0) is 13.5. The highest BCUT2D eigenvalue weighted by molar-refractivity contribution is 6.29. The number of halogens is 1. The van der Waals surface area contributed by atoms with E-state index >= 15 is 0 Å². The zero-order valence-corrected chi connectivity index (χ0v) is 11.8. The SMILES string of the molecule is CCc1nc(Cl)cc(NCCCc2ccccc2)n1. The average Bonchev–Trinajstić information content (AvgIpc) is 2.44. The summed E-state index contributed by atoms with van der Waals surface area (Å²) in [5, 5.41) is 3.79. The van der Waals surface area contributed by atoms with Crippen LogP contribution >= 0.6 is 11.6 Å². The number of anilines is 1. The monoisotopic (exact) mass is 275 g/mol. The molecule has 19 heavy (non-hydrogen) atoms. The number of rotatable bonds is 6. The van der Waals surface area contributed by atoms with Gasteiger partial charge in [-0.1, -0.05) is 48.9 Å². The van der Waals surface area contributed by atoms with Gasteiger partial charge in [0.2, 0.25) is 0 Å². The Bertz CT molecular complexity index is 514. The molecule has 0 saturated heterocycles. The first-order valence-electron chi connectivity index (χ1n) is 6.59. The van der Waals surface area contributed by atoms with Gasteiger partial charge in [0.05, 0.1) is 0 Å². The Morgan fingerprint density at radius 3 is 2.68 bits per heavy atom. The van der Waals surface area contributed by atoms with Crippen molar-refractivity contribution in [1.82, 2.24) is 9.97 Å². The number of aromatic nitrogens is 2. The summed E-state index contributed by atoms with van der Waals surface area (Å²) in [4.78, 5) is 8.53. The molecule has 2 rings (SSSR count). The Hall–Kier alpha value is -1.61. The third kappa shape index (κ3) is 4.52. The molecule has 4 heteroatoms. The van der Waals surface area contributed by atoms with Crippen LogP contribution in [0.5, 0.6) is 0 Å². The van der Waals surface area contributed by atoms with Gasteiger partial charge in [0.15, 0.2) is 0 Å². The molecule has 0 aliphatic heterocycles. The van der Waals surface area contributed by atoms with E-state index in [1.807, 2.05) is 13.0 Å². The van der Waals surface area contributed by atoms with Crippen molar-refractivity contribution in [2.24, 2.45) is 0 Å². The first-order valence-corrected chi connectivity index (χ1v) is 6.97. The minimum atomic E-state index is 0.498. The molecule has 0 bridgehead atoms. The molecule has 0 spiro atoms. The largest absolute Gasteiger partial charge is 0.370 e. The van der Waals surface area contributed by atoms with Crippen molar-refractivity contribution < 1.29 is 0 Å². The van der Waals surface area contributed by atoms with Crippen molar-refractivity contribution in [3.8, 4) is 0 Å². The Kier molecular flexibility index (Phi) is 5.16. The molecule has 0 amide bonds. The van der Waals surface area contributed by atoms with Crippen LogP contribution in [0, 0.1) is 0 Å². The fourth-order valence-electron chi connectivity index (χ4n) is 1.87. The summed E-state index contributed by atoms with van der Waals surface area (Å²) < 4.78 is 0. The Morgan fingerprint density at radius 2 is 1.95 bits per heavy atom. The number of hydrogen-bond donors (Lipinski definition) is 1. The van der Waals surface area contributed by atoms with Crippen molar-refractivity contribution in [2.75, 3.05) is 11.9 Å². The molecule has 1 N–H and O–H groups in total. The van der Waals surface area contributed by atoms with Gasteiger partial charge in [-0.2, -0.15) is 0 Å². The van der Waals surface area contributed by atoms with Crippen LogP contribution in [-0.2, 0) is 12.8 Å². The van der Waals surface area contributed by atoms with Gasteiger partial charge in [-0.25, -0.2) is 9.97 Å². The normalized spacial score (nSPS) is 10.4. The van der Waals surface area contributed by atoms with Gasteiger partial charge in [0, 0.05) is 19.0 Å². The van der Waals surface area contributed by atoms with E-state index in [2.05, 4.69) is 39.6 Å². The van der Waals surface area contributed by atoms with Crippen LogP contribution in [0.4, 0.5) is 5.82 Å². The summed E-state index contributed by atoms with van der Waals surface area (Å²) in [6, 6.07) is 12.2. The van der Waals surface area contributed by atoms with Crippen LogP contribution in [0.2, 0.25) is 5.15 Å². The molecule has 1 heterocycles. The molecule has 0 saturated carbocycles. The lowest BCUT2D eigenvalue weighted by Gasteiger charge is -2.07. The fourth-order valence-corrected chi connectivity index (χ4v) is 2.07. The standard InChI is InChI=1S/C15H18ClN3/c1-2-14-18-13(16)11-15(19-14)17-10-6-9-12-7-4-3-5-8-12/h3-5,7-8,11H,2,6,9-10H2,1H3,(H,17,18,19). The molecule has 3 nitrogen and oxygen atoms in total. The van der Waals surface area contributed by atoms with Gasteiger partial charge < -0.3 is 5.32 Å². The average molecular weight is 276 g/mol. The van der Waals surface area contributed by atoms with Crippen molar-refractivity contribution in [3.63, 3.8) is 0 Å². The molecule has 1 aromatic heterocycles. The maximum atomic E-state index is 5.95. The van der Waals surface area contributed by atoms with E-state index < -0.39 is 0 Å². The van der Waals surface area contributed by atoms with Crippen LogP contribution in [0.25, 0.3) is 0 Å². The highest BCUT2D eigenvalue weighted by Crippen LogP contribution is 2.12. The Labute approximate surface area is 119 Å². The summed E-state index contributed by atoms with van der Waals surface area (Å²) in [5.41, 5.74) is 1.36. The second-order valence-corrected chi connectivity index (χ2v) is 4.75. The van der Waals surface area contributed by atoms with Gasteiger partial charge in [0.1, 0.15) is 16.8 Å². The predicted octanol–water partition coefficient (Wildman–Crippen LogP) is 3.74. The maximum Gasteiger partial charge on any atom is 0.134 e. The quantitative estimate of drug-likeness (QED) is 0.645.